The number of sulfonamides is 1. The Balaban J connectivity index is 2.57. The Morgan fingerprint density at radius 1 is 1.20 bits per heavy atom. The van der Waals surface area contributed by atoms with E-state index in [1.54, 1.807) is 24.3 Å². The van der Waals surface area contributed by atoms with E-state index in [1.807, 2.05) is 26.8 Å². The fraction of sp³-hybridized carbons (Fsp3) is 0.421. The van der Waals surface area contributed by atoms with Gasteiger partial charge in [0.2, 0.25) is 0 Å². The van der Waals surface area contributed by atoms with Crippen LogP contribution in [0.3, 0.4) is 0 Å². The molecule has 0 unspecified atom stereocenters. The van der Waals surface area contributed by atoms with Crippen molar-refractivity contribution in [1.29, 1.82) is 5.26 Å². The summed E-state index contributed by atoms with van der Waals surface area (Å²) < 4.78 is 28.9. The first kappa shape index (κ1) is 19.6. The SMILES string of the molecule is CC(C)Cc1cc(-c2ccc(C#N)cc2)c(S(=O)(=O)NC(C)(C)C)s1. The Morgan fingerprint density at radius 3 is 2.28 bits per heavy atom. The normalized spacial score (nSPS) is 12.4. The molecule has 0 atom stereocenters. The molecule has 25 heavy (non-hydrogen) atoms. The average molecular weight is 377 g/mol. The number of benzene rings is 1. The van der Waals surface area contributed by atoms with Crippen LogP contribution in [0.25, 0.3) is 11.1 Å². The quantitative estimate of drug-likeness (QED) is 0.831. The van der Waals surface area contributed by atoms with Crippen LogP contribution in [0.1, 0.15) is 45.1 Å². The second kappa shape index (κ2) is 7.28. The molecule has 2 rings (SSSR count). The van der Waals surface area contributed by atoms with Gasteiger partial charge in [-0.1, -0.05) is 26.0 Å². The number of nitrogens with zero attached hydrogens (tertiary/aromatic N) is 1. The van der Waals surface area contributed by atoms with Crippen LogP contribution in [-0.2, 0) is 16.4 Å². The lowest BCUT2D eigenvalue weighted by Crippen LogP contribution is -2.40. The van der Waals surface area contributed by atoms with Gasteiger partial charge >= 0.3 is 0 Å². The topological polar surface area (TPSA) is 70.0 Å². The Morgan fingerprint density at radius 2 is 1.80 bits per heavy atom. The molecule has 1 heterocycles. The van der Waals surface area contributed by atoms with Crippen LogP contribution in [0, 0.1) is 17.2 Å². The molecule has 134 valence electrons. The highest BCUT2D eigenvalue weighted by atomic mass is 32.2. The maximum absolute atomic E-state index is 12.9. The van der Waals surface area contributed by atoms with E-state index in [0.29, 0.717) is 21.3 Å². The highest BCUT2D eigenvalue weighted by Gasteiger charge is 2.27. The molecule has 0 aliphatic rings. The number of rotatable bonds is 5. The molecule has 0 fully saturated rings. The molecule has 0 amide bonds. The van der Waals surface area contributed by atoms with Gasteiger partial charge in [0.25, 0.3) is 10.0 Å². The molecule has 0 aliphatic heterocycles. The molecule has 0 spiro atoms. The van der Waals surface area contributed by atoms with Crippen molar-refractivity contribution < 1.29 is 8.42 Å². The fourth-order valence-electron chi connectivity index (χ4n) is 2.50. The van der Waals surface area contributed by atoms with Crippen LogP contribution < -0.4 is 4.72 Å². The molecule has 0 saturated carbocycles. The zero-order valence-corrected chi connectivity index (χ0v) is 16.9. The monoisotopic (exact) mass is 376 g/mol. The van der Waals surface area contributed by atoms with Crippen molar-refractivity contribution in [3.8, 4) is 17.2 Å². The van der Waals surface area contributed by atoms with Crippen molar-refractivity contribution in [1.82, 2.24) is 4.72 Å². The van der Waals surface area contributed by atoms with Crippen molar-refractivity contribution in [3.63, 3.8) is 0 Å². The number of nitriles is 1. The van der Waals surface area contributed by atoms with E-state index in [2.05, 4.69) is 24.6 Å². The lowest BCUT2D eigenvalue weighted by atomic mass is 10.0. The maximum Gasteiger partial charge on any atom is 0.251 e. The average Bonchev–Trinajstić information content (AvgIpc) is 2.89. The van der Waals surface area contributed by atoms with E-state index in [1.165, 1.54) is 11.3 Å². The molecule has 6 heteroatoms. The third-order valence-electron chi connectivity index (χ3n) is 3.37. The second-order valence-electron chi connectivity index (χ2n) is 7.56. The zero-order chi connectivity index (χ0) is 18.8. The minimum absolute atomic E-state index is 0.336. The first-order chi connectivity index (χ1) is 11.5. The smallest absolute Gasteiger partial charge is 0.206 e. The molecular formula is C19H24N2O2S2. The van der Waals surface area contributed by atoms with Gasteiger partial charge in [0.1, 0.15) is 4.21 Å². The largest absolute Gasteiger partial charge is 0.251 e. The Hall–Kier alpha value is -1.68. The first-order valence-electron chi connectivity index (χ1n) is 8.19. The van der Waals surface area contributed by atoms with E-state index in [0.717, 1.165) is 16.9 Å². The maximum atomic E-state index is 12.9. The van der Waals surface area contributed by atoms with Gasteiger partial charge in [-0.15, -0.1) is 11.3 Å². The van der Waals surface area contributed by atoms with Gasteiger partial charge in [0, 0.05) is 16.0 Å². The molecule has 0 aliphatic carbocycles. The van der Waals surface area contributed by atoms with E-state index in [9.17, 15) is 8.42 Å². The van der Waals surface area contributed by atoms with Crippen molar-refractivity contribution in [2.45, 2.75) is 50.8 Å². The highest BCUT2D eigenvalue weighted by Crippen LogP contribution is 2.36. The Labute approximate surface area is 154 Å². The van der Waals surface area contributed by atoms with E-state index < -0.39 is 15.6 Å². The van der Waals surface area contributed by atoms with E-state index in [4.69, 9.17) is 5.26 Å². The molecule has 1 aromatic heterocycles. The summed E-state index contributed by atoms with van der Waals surface area (Å²) in [4.78, 5) is 1.05. The third-order valence-corrected chi connectivity index (χ3v) is 6.82. The molecule has 0 radical (unpaired) electrons. The van der Waals surface area contributed by atoms with Crippen molar-refractivity contribution in [2.24, 2.45) is 5.92 Å². The molecule has 0 bridgehead atoms. The first-order valence-corrected chi connectivity index (χ1v) is 10.5. The third kappa shape index (κ3) is 5.15. The van der Waals surface area contributed by atoms with E-state index >= 15 is 0 Å². The minimum atomic E-state index is -3.62. The van der Waals surface area contributed by atoms with Gasteiger partial charge in [-0.3, -0.25) is 0 Å². The van der Waals surface area contributed by atoms with E-state index in [-0.39, 0.29) is 0 Å². The van der Waals surface area contributed by atoms with Crippen LogP contribution in [0.2, 0.25) is 0 Å². The van der Waals surface area contributed by atoms with Crippen LogP contribution >= 0.6 is 11.3 Å². The van der Waals surface area contributed by atoms with Gasteiger partial charge in [-0.05, 0) is 56.9 Å². The zero-order valence-electron chi connectivity index (χ0n) is 15.3. The van der Waals surface area contributed by atoms with Gasteiger partial charge < -0.3 is 0 Å². The van der Waals surface area contributed by atoms with Crippen LogP contribution in [0.5, 0.6) is 0 Å². The van der Waals surface area contributed by atoms with Crippen molar-refractivity contribution in [2.75, 3.05) is 0 Å². The molecular weight excluding hydrogens is 352 g/mol. The minimum Gasteiger partial charge on any atom is -0.206 e. The summed E-state index contributed by atoms with van der Waals surface area (Å²) in [5.41, 5.74) is 1.50. The number of hydrogen-bond acceptors (Lipinski definition) is 4. The lowest BCUT2D eigenvalue weighted by molar-refractivity contribution is 0.493. The van der Waals surface area contributed by atoms with Gasteiger partial charge in [-0.25, -0.2) is 13.1 Å². The molecule has 1 N–H and O–H groups in total. The van der Waals surface area contributed by atoms with Crippen molar-refractivity contribution in [3.05, 3.63) is 40.8 Å². The molecule has 4 nitrogen and oxygen atoms in total. The van der Waals surface area contributed by atoms with Crippen LogP contribution in [0.4, 0.5) is 0 Å². The summed E-state index contributed by atoms with van der Waals surface area (Å²) in [6, 6.07) is 11.1. The predicted octanol–water partition coefficient (Wildman–Crippen LogP) is 4.56. The summed E-state index contributed by atoms with van der Waals surface area (Å²) in [5.74, 6) is 0.443. The summed E-state index contributed by atoms with van der Waals surface area (Å²) in [6.45, 7) is 9.71. The summed E-state index contributed by atoms with van der Waals surface area (Å²) in [6.07, 6.45) is 0.832. The number of thiophene rings is 1. The molecule has 1 aromatic carbocycles. The van der Waals surface area contributed by atoms with Gasteiger partial charge in [0.05, 0.1) is 11.6 Å². The van der Waals surface area contributed by atoms with Crippen molar-refractivity contribution >= 4 is 21.4 Å². The standard InChI is InChI=1S/C19H24N2O2S2/c1-13(2)10-16-11-17(15-8-6-14(12-20)7-9-15)18(24-16)25(22,23)21-19(3,4)5/h6-9,11,13,21H,10H2,1-5H3. The number of hydrogen-bond donors (Lipinski definition) is 1. The van der Waals surface area contributed by atoms with Crippen LogP contribution in [-0.4, -0.2) is 14.0 Å². The highest BCUT2D eigenvalue weighted by molar-refractivity contribution is 7.91. The lowest BCUT2D eigenvalue weighted by Gasteiger charge is -2.20. The second-order valence-corrected chi connectivity index (χ2v) is 10.6. The van der Waals surface area contributed by atoms with Gasteiger partial charge in [0.15, 0.2) is 0 Å². The van der Waals surface area contributed by atoms with Crippen LogP contribution in [0.15, 0.2) is 34.5 Å². The fourth-order valence-corrected chi connectivity index (χ4v) is 5.87. The summed E-state index contributed by atoms with van der Waals surface area (Å²) in [5, 5.41) is 8.96. The Kier molecular flexibility index (Phi) is 5.72. The summed E-state index contributed by atoms with van der Waals surface area (Å²) in [7, 11) is -3.62. The molecule has 2 aromatic rings. The number of nitrogens with one attached hydrogen (secondary N) is 1. The van der Waals surface area contributed by atoms with Gasteiger partial charge in [-0.2, -0.15) is 5.26 Å². The Bertz CT molecular complexity index is 881. The molecule has 0 saturated heterocycles. The summed E-state index contributed by atoms with van der Waals surface area (Å²) >= 11 is 1.32. The predicted molar refractivity (Wildman–Crippen MR) is 103 cm³/mol.